The first-order valence-corrected chi connectivity index (χ1v) is 7.80. The van der Waals surface area contributed by atoms with Crippen LogP contribution in [0.25, 0.3) is 0 Å². The number of benzene rings is 1. The Morgan fingerprint density at radius 3 is 2.29 bits per heavy atom. The van der Waals surface area contributed by atoms with Gasteiger partial charge < -0.3 is 4.74 Å². The van der Waals surface area contributed by atoms with E-state index in [2.05, 4.69) is 4.74 Å². The van der Waals surface area contributed by atoms with Gasteiger partial charge in [-0.3, -0.25) is 4.79 Å². The molecule has 1 fully saturated rings. The summed E-state index contributed by atoms with van der Waals surface area (Å²) >= 11 is 0. The molecule has 0 N–H and O–H groups in total. The lowest BCUT2D eigenvalue weighted by atomic mass is 10.3. The number of hydrogen-bond donors (Lipinski definition) is 0. The topological polar surface area (TPSA) is 63.7 Å². The molecule has 1 saturated carbocycles. The molecule has 2 rings (SSSR count). The SMILES string of the molecule is COC(=O)[C@@H](C)N(C1CC1)S(=O)(=O)c1c(F)cccc1F. The molecule has 1 aromatic rings. The van der Waals surface area contributed by atoms with E-state index < -0.39 is 44.6 Å². The van der Waals surface area contributed by atoms with Gasteiger partial charge in [-0.15, -0.1) is 0 Å². The summed E-state index contributed by atoms with van der Waals surface area (Å²) in [5, 5.41) is 0. The molecule has 5 nitrogen and oxygen atoms in total. The van der Waals surface area contributed by atoms with Gasteiger partial charge in [0, 0.05) is 6.04 Å². The van der Waals surface area contributed by atoms with Crippen molar-refractivity contribution >= 4 is 16.0 Å². The number of sulfonamides is 1. The molecular formula is C13H15F2NO4S. The lowest BCUT2D eigenvalue weighted by Crippen LogP contribution is -2.45. The van der Waals surface area contributed by atoms with Crippen molar-refractivity contribution in [1.82, 2.24) is 4.31 Å². The van der Waals surface area contributed by atoms with Crippen LogP contribution in [0.1, 0.15) is 19.8 Å². The van der Waals surface area contributed by atoms with E-state index in [1.165, 1.54) is 6.92 Å². The zero-order chi connectivity index (χ0) is 15.8. The second-order valence-electron chi connectivity index (χ2n) is 4.82. The van der Waals surface area contributed by atoms with Crippen molar-refractivity contribution in [3.05, 3.63) is 29.8 Å². The number of ether oxygens (including phenoxy) is 1. The smallest absolute Gasteiger partial charge is 0.323 e. The highest BCUT2D eigenvalue weighted by Crippen LogP contribution is 2.35. The third kappa shape index (κ3) is 2.91. The molecular weight excluding hydrogens is 304 g/mol. The number of methoxy groups -OCH3 is 1. The number of carbonyl (C=O) groups is 1. The van der Waals surface area contributed by atoms with Gasteiger partial charge in [-0.05, 0) is 31.9 Å². The molecule has 0 bridgehead atoms. The molecule has 0 aromatic heterocycles. The molecule has 0 unspecified atom stereocenters. The summed E-state index contributed by atoms with van der Waals surface area (Å²) in [5.74, 6) is -3.14. The lowest BCUT2D eigenvalue weighted by Gasteiger charge is -2.26. The Bertz CT molecular complexity index is 638. The van der Waals surface area contributed by atoms with Crippen LogP contribution in [0.4, 0.5) is 8.78 Å². The zero-order valence-corrected chi connectivity index (χ0v) is 12.4. The van der Waals surface area contributed by atoms with E-state index in [-0.39, 0.29) is 0 Å². The van der Waals surface area contributed by atoms with Gasteiger partial charge in [-0.2, -0.15) is 4.31 Å². The number of nitrogens with zero attached hydrogens (tertiary/aromatic N) is 1. The monoisotopic (exact) mass is 319 g/mol. The Hall–Kier alpha value is -1.54. The third-order valence-electron chi connectivity index (χ3n) is 3.29. The normalized spacial score (nSPS) is 16.8. The maximum absolute atomic E-state index is 13.8. The van der Waals surface area contributed by atoms with Crippen LogP contribution in [0.2, 0.25) is 0 Å². The lowest BCUT2D eigenvalue weighted by molar-refractivity contribution is -0.144. The summed E-state index contributed by atoms with van der Waals surface area (Å²) in [4.78, 5) is 10.6. The second-order valence-corrected chi connectivity index (χ2v) is 6.60. The van der Waals surface area contributed by atoms with E-state index in [0.29, 0.717) is 12.8 Å². The molecule has 0 amide bonds. The zero-order valence-electron chi connectivity index (χ0n) is 11.5. The van der Waals surface area contributed by atoms with Crippen LogP contribution in [0.5, 0.6) is 0 Å². The van der Waals surface area contributed by atoms with Crippen LogP contribution in [-0.4, -0.2) is 37.9 Å². The molecule has 8 heteroatoms. The van der Waals surface area contributed by atoms with E-state index in [9.17, 15) is 22.0 Å². The number of esters is 1. The van der Waals surface area contributed by atoms with Gasteiger partial charge in [0.05, 0.1) is 7.11 Å². The van der Waals surface area contributed by atoms with E-state index in [1.807, 2.05) is 0 Å². The number of hydrogen-bond acceptors (Lipinski definition) is 4. The molecule has 0 radical (unpaired) electrons. The van der Waals surface area contributed by atoms with Crippen LogP contribution in [0.3, 0.4) is 0 Å². The highest BCUT2D eigenvalue weighted by molar-refractivity contribution is 7.89. The summed E-state index contributed by atoms with van der Waals surface area (Å²) in [5.41, 5.74) is 0. The minimum atomic E-state index is -4.47. The first-order valence-electron chi connectivity index (χ1n) is 6.36. The van der Waals surface area contributed by atoms with Crippen molar-refractivity contribution < 1.29 is 26.7 Å². The molecule has 1 aliphatic rings. The Balaban J connectivity index is 2.51. The largest absolute Gasteiger partial charge is 0.468 e. The Morgan fingerprint density at radius 2 is 1.86 bits per heavy atom. The predicted molar refractivity (Wildman–Crippen MR) is 69.9 cm³/mol. The molecule has 1 aromatic carbocycles. The standard InChI is InChI=1S/C13H15F2NO4S/c1-8(13(17)20-2)16(9-6-7-9)21(18,19)12-10(14)4-3-5-11(12)15/h3-5,8-9H,6-7H2,1-2H3/t8-/m1/s1. The second kappa shape index (κ2) is 5.69. The van der Waals surface area contributed by atoms with Crippen molar-refractivity contribution in [2.24, 2.45) is 0 Å². The fourth-order valence-corrected chi connectivity index (χ4v) is 4.10. The molecule has 21 heavy (non-hydrogen) atoms. The third-order valence-corrected chi connectivity index (χ3v) is 5.36. The Labute approximate surface area is 121 Å². The van der Waals surface area contributed by atoms with Gasteiger partial charge in [-0.1, -0.05) is 6.07 Å². The van der Waals surface area contributed by atoms with Crippen LogP contribution in [-0.2, 0) is 19.6 Å². The van der Waals surface area contributed by atoms with E-state index in [0.717, 1.165) is 29.6 Å². The summed E-state index contributed by atoms with van der Waals surface area (Å²) in [6, 6.07) is 1.22. The minimum absolute atomic E-state index is 0.442. The van der Waals surface area contributed by atoms with Crippen LogP contribution < -0.4 is 0 Å². The maximum atomic E-state index is 13.8. The summed E-state index contributed by atoms with van der Waals surface area (Å²) in [6.45, 7) is 1.33. The van der Waals surface area contributed by atoms with Gasteiger partial charge in [0.2, 0.25) is 10.0 Å². The molecule has 0 heterocycles. The van der Waals surface area contributed by atoms with Crippen LogP contribution in [0, 0.1) is 11.6 Å². The van der Waals surface area contributed by atoms with Gasteiger partial charge in [0.25, 0.3) is 0 Å². The molecule has 0 aliphatic heterocycles. The first-order chi connectivity index (χ1) is 9.80. The fourth-order valence-electron chi connectivity index (χ4n) is 2.16. The summed E-state index contributed by atoms with van der Waals surface area (Å²) in [6.07, 6.45) is 1.08. The quantitative estimate of drug-likeness (QED) is 0.775. The molecule has 1 atom stereocenters. The summed E-state index contributed by atoms with van der Waals surface area (Å²) < 4.78 is 58.0. The number of halogens is 2. The van der Waals surface area contributed by atoms with Crippen molar-refractivity contribution in [2.75, 3.05) is 7.11 Å². The van der Waals surface area contributed by atoms with Crippen molar-refractivity contribution in [2.45, 2.75) is 36.7 Å². The van der Waals surface area contributed by atoms with Gasteiger partial charge in [0.1, 0.15) is 17.7 Å². The highest BCUT2D eigenvalue weighted by atomic mass is 32.2. The molecule has 116 valence electrons. The van der Waals surface area contributed by atoms with E-state index in [1.54, 1.807) is 0 Å². The van der Waals surface area contributed by atoms with Gasteiger partial charge in [-0.25, -0.2) is 17.2 Å². The average Bonchev–Trinajstić information content (AvgIpc) is 3.21. The van der Waals surface area contributed by atoms with E-state index >= 15 is 0 Å². The van der Waals surface area contributed by atoms with Crippen LogP contribution >= 0.6 is 0 Å². The van der Waals surface area contributed by atoms with Gasteiger partial charge >= 0.3 is 5.97 Å². The fraction of sp³-hybridized carbons (Fsp3) is 0.462. The van der Waals surface area contributed by atoms with Gasteiger partial charge in [0.15, 0.2) is 4.90 Å². The van der Waals surface area contributed by atoms with Crippen LogP contribution in [0.15, 0.2) is 23.1 Å². The van der Waals surface area contributed by atoms with Crippen molar-refractivity contribution in [3.8, 4) is 0 Å². The average molecular weight is 319 g/mol. The first kappa shape index (κ1) is 15.8. The maximum Gasteiger partial charge on any atom is 0.323 e. The summed E-state index contributed by atoms with van der Waals surface area (Å²) in [7, 11) is -3.35. The van der Waals surface area contributed by atoms with Crippen molar-refractivity contribution in [1.29, 1.82) is 0 Å². The Kier molecular flexibility index (Phi) is 4.29. The van der Waals surface area contributed by atoms with E-state index in [4.69, 9.17) is 0 Å². The number of carbonyl (C=O) groups excluding carboxylic acids is 1. The number of rotatable bonds is 5. The molecule has 1 aliphatic carbocycles. The predicted octanol–water partition coefficient (Wildman–Crippen LogP) is 1.68. The highest BCUT2D eigenvalue weighted by Gasteiger charge is 2.45. The van der Waals surface area contributed by atoms with Crippen molar-refractivity contribution in [3.63, 3.8) is 0 Å². The molecule has 0 saturated heterocycles. The Morgan fingerprint density at radius 1 is 1.33 bits per heavy atom. The minimum Gasteiger partial charge on any atom is -0.468 e. The molecule has 0 spiro atoms.